The van der Waals surface area contributed by atoms with Crippen molar-refractivity contribution < 1.29 is 4.79 Å². The molecule has 1 aliphatic carbocycles. The largest absolute Gasteiger partial charge is 0.352 e. The number of nitrogens with two attached hydrogens (primary N) is 1. The first-order chi connectivity index (χ1) is 7.65. The summed E-state index contributed by atoms with van der Waals surface area (Å²) in [7, 11) is 1.80. The van der Waals surface area contributed by atoms with Crippen LogP contribution in [0.2, 0.25) is 0 Å². The van der Waals surface area contributed by atoms with Gasteiger partial charge in [0, 0.05) is 25.8 Å². The third-order valence-electron chi connectivity index (χ3n) is 3.10. The van der Waals surface area contributed by atoms with Crippen molar-refractivity contribution in [2.75, 3.05) is 6.54 Å². The van der Waals surface area contributed by atoms with Crippen LogP contribution in [0.3, 0.4) is 0 Å². The van der Waals surface area contributed by atoms with Crippen LogP contribution in [-0.4, -0.2) is 28.3 Å². The maximum absolute atomic E-state index is 11.7. The van der Waals surface area contributed by atoms with E-state index in [2.05, 4.69) is 10.4 Å². The average Bonchev–Trinajstić information content (AvgIpc) is 2.84. The first kappa shape index (κ1) is 11.1. The van der Waals surface area contributed by atoms with Gasteiger partial charge >= 0.3 is 0 Å². The van der Waals surface area contributed by atoms with Crippen LogP contribution in [0.4, 0.5) is 0 Å². The lowest BCUT2D eigenvalue weighted by Crippen LogP contribution is -2.28. The van der Waals surface area contributed by atoms with E-state index in [1.807, 2.05) is 0 Å². The third-order valence-corrected chi connectivity index (χ3v) is 3.10. The molecule has 2 atom stereocenters. The highest BCUT2D eigenvalue weighted by atomic mass is 16.1. The molecule has 0 aliphatic heterocycles. The molecule has 1 fully saturated rings. The third kappa shape index (κ3) is 2.61. The molecule has 1 saturated carbocycles. The van der Waals surface area contributed by atoms with Gasteiger partial charge in [0.2, 0.25) is 0 Å². The van der Waals surface area contributed by atoms with Crippen LogP contribution < -0.4 is 11.1 Å². The summed E-state index contributed by atoms with van der Waals surface area (Å²) in [4.78, 5) is 11.7. The summed E-state index contributed by atoms with van der Waals surface area (Å²) in [6, 6.07) is 0.320. The predicted molar refractivity (Wildman–Crippen MR) is 60.9 cm³/mol. The minimum absolute atomic E-state index is 0.0476. The number of hydrogen-bond acceptors (Lipinski definition) is 3. The summed E-state index contributed by atoms with van der Waals surface area (Å²) < 4.78 is 1.63. The zero-order valence-corrected chi connectivity index (χ0v) is 9.52. The number of nitrogens with one attached hydrogen (secondary N) is 1. The van der Waals surface area contributed by atoms with E-state index in [-0.39, 0.29) is 5.91 Å². The lowest BCUT2D eigenvalue weighted by molar-refractivity contribution is 0.0947. The first-order valence-corrected chi connectivity index (χ1v) is 5.67. The molecule has 1 amide bonds. The Hall–Kier alpha value is -1.36. The highest BCUT2D eigenvalue weighted by Gasteiger charge is 2.22. The number of amides is 1. The Morgan fingerprint density at radius 3 is 3.06 bits per heavy atom. The van der Waals surface area contributed by atoms with Gasteiger partial charge in [-0.2, -0.15) is 5.10 Å². The number of nitrogens with zero attached hydrogens (tertiary/aromatic N) is 2. The van der Waals surface area contributed by atoms with Crippen molar-refractivity contribution in [3.8, 4) is 0 Å². The molecule has 88 valence electrons. The topological polar surface area (TPSA) is 72.9 Å². The predicted octanol–water partition coefficient (Wildman–Crippen LogP) is 0.277. The number of aromatic nitrogens is 2. The molecule has 3 N–H and O–H groups in total. The summed E-state index contributed by atoms with van der Waals surface area (Å²) in [6.45, 7) is 0.724. The maximum Gasteiger partial charge on any atom is 0.254 e. The summed E-state index contributed by atoms with van der Waals surface area (Å²) in [5, 5.41) is 6.89. The van der Waals surface area contributed by atoms with E-state index in [0.29, 0.717) is 17.5 Å². The van der Waals surface area contributed by atoms with Crippen molar-refractivity contribution in [1.29, 1.82) is 0 Å². The van der Waals surface area contributed by atoms with Gasteiger partial charge < -0.3 is 11.1 Å². The van der Waals surface area contributed by atoms with Gasteiger partial charge in [0.05, 0.1) is 11.8 Å². The van der Waals surface area contributed by atoms with Crippen LogP contribution in [0.15, 0.2) is 12.4 Å². The Labute approximate surface area is 95.0 Å². The van der Waals surface area contributed by atoms with Gasteiger partial charge in [-0.15, -0.1) is 0 Å². The molecule has 0 aromatic carbocycles. The summed E-state index contributed by atoms with van der Waals surface area (Å²) in [5.41, 5.74) is 6.44. The van der Waals surface area contributed by atoms with E-state index < -0.39 is 0 Å². The summed E-state index contributed by atoms with van der Waals surface area (Å²) in [5.74, 6) is 0.490. The van der Waals surface area contributed by atoms with Gasteiger partial charge in [-0.05, 0) is 25.2 Å². The number of carbonyl (C=O) groups is 1. The second-order valence-corrected chi connectivity index (χ2v) is 4.55. The zero-order chi connectivity index (χ0) is 11.5. The molecule has 0 radical (unpaired) electrons. The Morgan fingerprint density at radius 1 is 1.69 bits per heavy atom. The Balaban J connectivity index is 1.80. The fourth-order valence-electron chi connectivity index (χ4n) is 2.18. The van der Waals surface area contributed by atoms with Crippen LogP contribution in [-0.2, 0) is 7.05 Å². The Morgan fingerprint density at radius 2 is 2.50 bits per heavy atom. The molecular weight excluding hydrogens is 204 g/mol. The fourth-order valence-corrected chi connectivity index (χ4v) is 2.18. The molecule has 2 unspecified atom stereocenters. The van der Waals surface area contributed by atoms with Crippen molar-refractivity contribution in [1.82, 2.24) is 15.1 Å². The number of rotatable bonds is 3. The molecule has 2 rings (SSSR count). The Kier molecular flexibility index (Phi) is 3.24. The van der Waals surface area contributed by atoms with Crippen molar-refractivity contribution in [2.45, 2.75) is 25.3 Å². The van der Waals surface area contributed by atoms with Gasteiger partial charge in [0.25, 0.3) is 5.91 Å². The number of carbonyl (C=O) groups excluding carboxylic acids is 1. The average molecular weight is 222 g/mol. The summed E-state index contributed by atoms with van der Waals surface area (Å²) in [6.07, 6.45) is 6.51. The SMILES string of the molecule is Cn1cc(C(=O)NCC2CCC(N)C2)cn1. The van der Waals surface area contributed by atoms with E-state index >= 15 is 0 Å². The van der Waals surface area contributed by atoms with Gasteiger partial charge in [0.15, 0.2) is 0 Å². The van der Waals surface area contributed by atoms with E-state index in [0.717, 1.165) is 25.8 Å². The minimum atomic E-state index is -0.0476. The number of aryl methyl sites for hydroxylation is 1. The zero-order valence-electron chi connectivity index (χ0n) is 9.52. The molecule has 0 saturated heterocycles. The maximum atomic E-state index is 11.7. The smallest absolute Gasteiger partial charge is 0.254 e. The van der Waals surface area contributed by atoms with Crippen molar-refractivity contribution >= 4 is 5.91 Å². The van der Waals surface area contributed by atoms with Crippen LogP contribution in [0.5, 0.6) is 0 Å². The van der Waals surface area contributed by atoms with Gasteiger partial charge in [-0.25, -0.2) is 0 Å². The van der Waals surface area contributed by atoms with Crippen molar-refractivity contribution in [2.24, 2.45) is 18.7 Å². The molecule has 16 heavy (non-hydrogen) atoms. The summed E-state index contributed by atoms with van der Waals surface area (Å²) >= 11 is 0. The molecule has 5 heteroatoms. The molecular formula is C11H18N4O. The lowest BCUT2D eigenvalue weighted by Gasteiger charge is -2.10. The van der Waals surface area contributed by atoms with Gasteiger partial charge in [-0.1, -0.05) is 0 Å². The molecule has 1 aromatic heterocycles. The monoisotopic (exact) mass is 222 g/mol. The second kappa shape index (κ2) is 4.65. The lowest BCUT2D eigenvalue weighted by atomic mass is 10.1. The van der Waals surface area contributed by atoms with Crippen LogP contribution in [0, 0.1) is 5.92 Å². The first-order valence-electron chi connectivity index (χ1n) is 5.67. The Bertz CT molecular complexity index is 374. The molecule has 1 aliphatic rings. The van der Waals surface area contributed by atoms with E-state index in [1.54, 1.807) is 24.1 Å². The van der Waals surface area contributed by atoms with Crippen molar-refractivity contribution in [3.63, 3.8) is 0 Å². The highest BCUT2D eigenvalue weighted by Crippen LogP contribution is 2.23. The fraction of sp³-hybridized carbons (Fsp3) is 0.636. The molecule has 0 spiro atoms. The molecule has 1 aromatic rings. The van der Waals surface area contributed by atoms with Gasteiger partial charge in [-0.3, -0.25) is 9.48 Å². The standard InChI is InChI=1S/C11H18N4O/c1-15-7-9(6-14-15)11(16)13-5-8-2-3-10(12)4-8/h6-8,10H,2-5,12H2,1H3,(H,13,16). The minimum Gasteiger partial charge on any atom is -0.352 e. The highest BCUT2D eigenvalue weighted by molar-refractivity contribution is 5.93. The van der Waals surface area contributed by atoms with Crippen LogP contribution in [0.1, 0.15) is 29.6 Å². The van der Waals surface area contributed by atoms with E-state index in [1.165, 1.54) is 0 Å². The quantitative estimate of drug-likeness (QED) is 0.771. The van der Waals surface area contributed by atoms with E-state index in [4.69, 9.17) is 5.73 Å². The van der Waals surface area contributed by atoms with Crippen LogP contribution in [0.25, 0.3) is 0 Å². The van der Waals surface area contributed by atoms with E-state index in [9.17, 15) is 4.79 Å². The second-order valence-electron chi connectivity index (χ2n) is 4.55. The number of hydrogen-bond donors (Lipinski definition) is 2. The normalized spacial score (nSPS) is 24.6. The van der Waals surface area contributed by atoms with Crippen molar-refractivity contribution in [3.05, 3.63) is 18.0 Å². The van der Waals surface area contributed by atoms with Crippen LogP contribution >= 0.6 is 0 Å². The molecule has 0 bridgehead atoms. The van der Waals surface area contributed by atoms with Gasteiger partial charge in [0.1, 0.15) is 0 Å². The molecule has 5 nitrogen and oxygen atoms in total. The molecule has 1 heterocycles.